The van der Waals surface area contributed by atoms with Crippen molar-refractivity contribution in [2.45, 2.75) is 37.6 Å². The predicted octanol–water partition coefficient (Wildman–Crippen LogP) is 1.86. The molecule has 0 bridgehead atoms. The third-order valence-corrected chi connectivity index (χ3v) is 4.60. The molecule has 1 spiro atoms. The van der Waals surface area contributed by atoms with Gasteiger partial charge in [-0.3, -0.25) is 9.59 Å². The van der Waals surface area contributed by atoms with E-state index in [1.807, 2.05) is 29.2 Å². The number of benzene rings is 1. The zero-order valence-electron chi connectivity index (χ0n) is 11.5. The third-order valence-electron chi connectivity index (χ3n) is 4.60. The Hall–Kier alpha value is -1.68. The molecule has 0 atom stereocenters. The molecule has 4 nitrogen and oxygen atoms in total. The molecule has 1 heterocycles. The van der Waals surface area contributed by atoms with Gasteiger partial charge in [0, 0.05) is 31.6 Å². The van der Waals surface area contributed by atoms with Crippen molar-refractivity contribution in [2.24, 2.45) is 0 Å². The number of carbonyl (C=O) groups is 2. The number of aliphatic hydroxyl groups excluding tert-OH is 1. The number of nitrogens with zero attached hydrogens (tertiary/aromatic N) is 1. The minimum atomic E-state index is -0.323. The van der Waals surface area contributed by atoms with E-state index in [1.165, 1.54) is 0 Å². The van der Waals surface area contributed by atoms with Gasteiger partial charge in [0.05, 0.1) is 5.54 Å². The van der Waals surface area contributed by atoms with Crippen molar-refractivity contribution < 1.29 is 14.7 Å². The highest BCUT2D eigenvalue weighted by Crippen LogP contribution is 2.47. The molecule has 1 amide bonds. The first-order valence-electron chi connectivity index (χ1n) is 7.23. The van der Waals surface area contributed by atoms with Crippen LogP contribution in [0, 0.1) is 0 Å². The Morgan fingerprint density at radius 2 is 1.85 bits per heavy atom. The highest BCUT2D eigenvalue weighted by molar-refractivity contribution is 6.00. The second kappa shape index (κ2) is 5.02. The van der Waals surface area contributed by atoms with Gasteiger partial charge in [0.1, 0.15) is 5.78 Å². The molecular weight excluding hydrogens is 254 g/mol. The molecule has 1 aliphatic carbocycles. The number of hydrogen-bond donors (Lipinski definition) is 1. The van der Waals surface area contributed by atoms with Crippen molar-refractivity contribution in [1.82, 2.24) is 4.90 Å². The van der Waals surface area contributed by atoms with E-state index in [1.54, 1.807) is 0 Å². The molecule has 20 heavy (non-hydrogen) atoms. The highest BCUT2D eigenvalue weighted by Gasteiger charge is 2.50. The second-order valence-electron chi connectivity index (χ2n) is 5.65. The fraction of sp³-hybridized carbons (Fsp3) is 0.500. The highest BCUT2D eigenvalue weighted by atomic mass is 16.3. The van der Waals surface area contributed by atoms with Gasteiger partial charge in [0.2, 0.25) is 0 Å². The zero-order valence-corrected chi connectivity index (χ0v) is 11.5. The Balaban J connectivity index is 2.02. The average Bonchev–Trinajstić information content (AvgIpc) is 2.70. The first-order chi connectivity index (χ1) is 9.69. The maximum absolute atomic E-state index is 12.6. The molecule has 1 saturated carbocycles. The second-order valence-corrected chi connectivity index (χ2v) is 5.65. The number of Topliss-reactive ketones (excluding diaryl/α,β-unsaturated/α-hetero) is 1. The van der Waals surface area contributed by atoms with Crippen LogP contribution in [0.25, 0.3) is 0 Å². The minimum absolute atomic E-state index is 0.0448. The van der Waals surface area contributed by atoms with Gasteiger partial charge in [-0.2, -0.15) is 0 Å². The summed E-state index contributed by atoms with van der Waals surface area (Å²) in [7, 11) is 0. The van der Waals surface area contributed by atoms with Crippen molar-refractivity contribution in [3.8, 4) is 0 Å². The molecule has 4 heteroatoms. The van der Waals surface area contributed by atoms with Crippen LogP contribution in [0.1, 0.15) is 48.0 Å². The lowest BCUT2D eigenvalue weighted by Gasteiger charge is -2.42. The number of carbonyl (C=O) groups excluding carboxylic acids is 2. The van der Waals surface area contributed by atoms with Gasteiger partial charge < -0.3 is 10.0 Å². The van der Waals surface area contributed by atoms with Gasteiger partial charge in [-0.15, -0.1) is 0 Å². The number of aliphatic hydroxyl groups is 1. The molecule has 1 aliphatic heterocycles. The van der Waals surface area contributed by atoms with E-state index in [0.717, 1.165) is 11.1 Å². The van der Waals surface area contributed by atoms with Gasteiger partial charge in [-0.05, 0) is 30.9 Å². The van der Waals surface area contributed by atoms with E-state index in [9.17, 15) is 9.59 Å². The van der Waals surface area contributed by atoms with Crippen molar-refractivity contribution in [1.29, 1.82) is 0 Å². The standard InChI is InChI=1S/C16H19NO3/c18-11-3-10-17-15(20)13-4-1-2-5-14(13)16(17)8-6-12(19)7-9-16/h1-2,4-5,18H,3,6-11H2. The normalized spacial score (nSPS) is 20.6. The summed E-state index contributed by atoms with van der Waals surface area (Å²) in [4.78, 5) is 26.1. The van der Waals surface area contributed by atoms with E-state index < -0.39 is 0 Å². The maximum atomic E-state index is 12.6. The molecule has 2 aliphatic rings. The van der Waals surface area contributed by atoms with Crippen LogP contribution in [0.3, 0.4) is 0 Å². The summed E-state index contributed by atoms with van der Waals surface area (Å²) in [5, 5.41) is 9.07. The Bertz CT molecular complexity index is 542. The lowest BCUT2D eigenvalue weighted by Crippen LogP contribution is -2.47. The summed E-state index contributed by atoms with van der Waals surface area (Å²) in [5.74, 6) is 0.331. The van der Waals surface area contributed by atoms with Crippen LogP contribution < -0.4 is 0 Å². The van der Waals surface area contributed by atoms with Crippen LogP contribution in [0.2, 0.25) is 0 Å². The van der Waals surface area contributed by atoms with Gasteiger partial charge in [0.15, 0.2) is 0 Å². The lowest BCUT2D eigenvalue weighted by atomic mass is 9.76. The molecular formula is C16H19NO3. The van der Waals surface area contributed by atoms with Gasteiger partial charge in [-0.1, -0.05) is 18.2 Å². The number of hydrogen-bond acceptors (Lipinski definition) is 3. The van der Waals surface area contributed by atoms with Crippen LogP contribution in [0.15, 0.2) is 24.3 Å². The van der Waals surface area contributed by atoms with E-state index in [4.69, 9.17) is 5.11 Å². The molecule has 106 valence electrons. The van der Waals surface area contributed by atoms with Crippen molar-refractivity contribution in [2.75, 3.05) is 13.2 Å². The summed E-state index contributed by atoms with van der Waals surface area (Å²) in [5.41, 5.74) is 1.51. The molecule has 1 N–H and O–H groups in total. The topological polar surface area (TPSA) is 57.6 Å². The smallest absolute Gasteiger partial charge is 0.254 e. The lowest BCUT2D eigenvalue weighted by molar-refractivity contribution is -0.122. The quantitative estimate of drug-likeness (QED) is 0.914. The molecule has 0 saturated heterocycles. The summed E-state index contributed by atoms with van der Waals surface area (Å²) in [6, 6.07) is 7.73. The van der Waals surface area contributed by atoms with E-state index >= 15 is 0 Å². The first kappa shape index (κ1) is 13.3. The number of amides is 1. The van der Waals surface area contributed by atoms with Gasteiger partial charge in [-0.25, -0.2) is 0 Å². The summed E-state index contributed by atoms with van der Waals surface area (Å²) < 4.78 is 0. The van der Waals surface area contributed by atoms with Crippen LogP contribution in [0.5, 0.6) is 0 Å². The molecule has 3 rings (SSSR count). The molecule has 1 fully saturated rings. The first-order valence-corrected chi connectivity index (χ1v) is 7.23. The Morgan fingerprint density at radius 3 is 2.55 bits per heavy atom. The Kier molecular flexibility index (Phi) is 3.34. The molecule has 0 radical (unpaired) electrons. The fourth-order valence-corrected chi connectivity index (χ4v) is 3.59. The van der Waals surface area contributed by atoms with Crippen molar-refractivity contribution in [3.05, 3.63) is 35.4 Å². The summed E-state index contributed by atoms with van der Waals surface area (Å²) >= 11 is 0. The number of rotatable bonds is 3. The van der Waals surface area contributed by atoms with Crippen LogP contribution >= 0.6 is 0 Å². The molecule has 1 aromatic carbocycles. The van der Waals surface area contributed by atoms with Crippen molar-refractivity contribution >= 4 is 11.7 Å². The van der Waals surface area contributed by atoms with E-state index in [-0.39, 0.29) is 23.8 Å². The van der Waals surface area contributed by atoms with E-state index in [0.29, 0.717) is 38.6 Å². The average molecular weight is 273 g/mol. The third kappa shape index (κ3) is 1.86. The number of fused-ring (bicyclic) bond motifs is 2. The molecule has 0 aromatic heterocycles. The minimum Gasteiger partial charge on any atom is -0.396 e. The van der Waals surface area contributed by atoms with Gasteiger partial charge >= 0.3 is 0 Å². The van der Waals surface area contributed by atoms with Crippen molar-refractivity contribution in [3.63, 3.8) is 0 Å². The SMILES string of the molecule is O=C1CCC2(CC1)c1ccccc1C(=O)N2CCCO. The molecule has 0 unspecified atom stereocenters. The Labute approximate surface area is 118 Å². The zero-order chi connectivity index (χ0) is 14.2. The largest absolute Gasteiger partial charge is 0.396 e. The predicted molar refractivity (Wildman–Crippen MR) is 74.3 cm³/mol. The number of ketones is 1. The van der Waals surface area contributed by atoms with Crippen LogP contribution in [-0.4, -0.2) is 34.8 Å². The maximum Gasteiger partial charge on any atom is 0.254 e. The summed E-state index contributed by atoms with van der Waals surface area (Å²) in [6.45, 7) is 0.632. The van der Waals surface area contributed by atoms with Crippen LogP contribution in [0.4, 0.5) is 0 Å². The fourth-order valence-electron chi connectivity index (χ4n) is 3.59. The Morgan fingerprint density at radius 1 is 1.15 bits per heavy atom. The summed E-state index contributed by atoms with van der Waals surface area (Å²) in [6.07, 6.45) is 3.07. The van der Waals surface area contributed by atoms with Crippen LogP contribution in [-0.2, 0) is 10.3 Å². The van der Waals surface area contributed by atoms with E-state index in [2.05, 4.69) is 0 Å². The molecule has 1 aromatic rings. The monoisotopic (exact) mass is 273 g/mol. The van der Waals surface area contributed by atoms with Gasteiger partial charge in [0.25, 0.3) is 5.91 Å².